The maximum atomic E-state index is 11.2. The van der Waals surface area contributed by atoms with Crippen molar-refractivity contribution in [1.82, 2.24) is 9.97 Å². The maximum Gasteiger partial charge on any atom is 0.339 e. The molecule has 3 rings (SSSR count). The number of rotatable bonds is 3. The molecule has 0 amide bonds. The highest BCUT2D eigenvalue weighted by molar-refractivity contribution is 7.15. The number of pyridine rings is 1. The van der Waals surface area contributed by atoms with Gasteiger partial charge in [0.05, 0.1) is 11.4 Å². The second-order valence-electron chi connectivity index (χ2n) is 4.90. The van der Waals surface area contributed by atoms with Gasteiger partial charge >= 0.3 is 5.97 Å². The summed E-state index contributed by atoms with van der Waals surface area (Å²) in [5, 5.41) is 13.1. The van der Waals surface area contributed by atoms with Crippen LogP contribution in [0.3, 0.4) is 0 Å². The first-order chi connectivity index (χ1) is 9.63. The number of carboxylic acids is 1. The Morgan fingerprint density at radius 3 is 2.95 bits per heavy atom. The number of aromatic nitrogens is 2. The first-order valence-corrected chi connectivity index (χ1v) is 7.40. The first kappa shape index (κ1) is 13.1. The zero-order valence-corrected chi connectivity index (χ0v) is 12.0. The van der Waals surface area contributed by atoms with Crippen LogP contribution in [0.1, 0.15) is 39.5 Å². The van der Waals surface area contributed by atoms with Crippen LogP contribution < -0.4 is 5.32 Å². The lowest BCUT2D eigenvalue weighted by molar-refractivity contribution is 0.0697. The minimum atomic E-state index is -0.985. The molecule has 1 aliphatic rings. The summed E-state index contributed by atoms with van der Waals surface area (Å²) in [5.74, 6) is -0.985. The van der Waals surface area contributed by atoms with E-state index in [1.807, 2.05) is 6.92 Å². The Bertz CT molecular complexity index is 643. The fourth-order valence-corrected chi connectivity index (χ4v) is 3.42. The second-order valence-corrected chi connectivity index (χ2v) is 5.98. The summed E-state index contributed by atoms with van der Waals surface area (Å²) in [6.07, 6.45) is 5.88. The summed E-state index contributed by atoms with van der Waals surface area (Å²) in [6, 6.07) is 1.74. The van der Waals surface area contributed by atoms with Gasteiger partial charge in [-0.25, -0.2) is 9.78 Å². The monoisotopic (exact) mass is 289 g/mol. The summed E-state index contributed by atoms with van der Waals surface area (Å²) in [4.78, 5) is 21.1. The molecular weight excluding hydrogens is 274 g/mol. The van der Waals surface area contributed by atoms with E-state index in [2.05, 4.69) is 15.3 Å². The van der Waals surface area contributed by atoms with E-state index in [-0.39, 0.29) is 5.56 Å². The van der Waals surface area contributed by atoms with Crippen LogP contribution in [-0.4, -0.2) is 21.0 Å². The number of hydrogen-bond acceptors (Lipinski definition) is 5. The molecule has 6 heteroatoms. The van der Waals surface area contributed by atoms with Crippen molar-refractivity contribution in [3.05, 3.63) is 34.1 Å². The van der Waals surface area contributed by atoms with Crippen LogP contribution in [-0.2, 0) is 12.8 Å². The van der Waals surface area contributed by atoms with Crippen molar-refractivity contribution in [2.75, 3.05) is 5.32 Å². The molecule has 0 unspecified atom stereocenters. The molecule has 0 atom stereocenters. The molecular formula is C14H15N3O2S. The van der Waals surface area contributed by atoms with Crippen molar-refractivity contribution in [3.8, 4) is 0 Å². The molecule has 0 spiro atoms. The van der Waals surface area contributed by atoms with Gasteiger partial charge in [0, 0.05) is 16.8 Å². The van der Waals surface area contributed by atoms with Gasteiger partial charge < -0.3 is 10.4 Å². The molecule has 2 heterocycles. The highest BCUT2D eigenvalue weighted by Crippen LogP contribution is 2.32. The molecule has 0 saturated carbocycles. The SMILES string of the molecule is Cc1cc(Nc2nc3c(s2)CCCC3)c(C(=O)O)cn1. The summed E-state index contributed by atoms with van der Waals surface area (Å²) in [5.41, 5.74) is 2.66. The number of aromatic carboxylic acids is 1. The van der Waals surface area contributed by atoms with Crippen LogP contribution in [0.15, 0.2) is 12.3 Å². The van der Waals surface area contributed by atoms with Gasteiger partial charge in [-0.3, -0.25) is 4.98 Å². The standard InChI is InChI=1S/C14H15N3O2S/c1-8-6-11(9(7-15-8)13(18)19)17-14-16-10-4-2-3-5-12(10)20-14/h6-7H,2-5H2,1H3,(H,18,19)(H,15,16,17). The van der Waals surface area contributed by atoms with Gasteiger partial charge in [0.15, 0.2) is 5.13 Å². The molecule has 0 fully saturated rings. The van der Waals surface area contributed by atoms with E-state index >= 15 is 0 Å². The van der Waals surface area contributed by atoms with E-state index in [0.29, 0.717) is 5.69 Å². The third-order valence-electron chi connectivity index (χ3n) is 3.36. The van der Waals surface area contributed by atoms with E-state index in [0.717, 1.165) is 29.4 Å². The molecule has 0 saturated heterocycles. The fraction of sp³-hybridized carbons (Fsp3) is 0.357. The minimum Gasteiger partial charge on any atom is -0.478 e. The van der Waals surface area contributed by atoms with E-state index in [4.69, 9.17) is 0 Å². The number of nitrogens with zero attached hydrogens (tertiary/aromatic N) is 2. The van der Waals surface area contributed by atoms with Gasteiger partial charge in [-0.05, 0) is 38.7 Å². The van der Waals surface area contributed by atoms with Gasteiger partial charge in [-0.15, -0.1) is 11.3 Å². The Hall–Kier alpha value is -1.95. The smallest absolute Gasteiger partial charge is 0.339 e. The van der Waals surface area contributed by atoms with Crippen molar-refractivity contribution in [3.63, 3.8) is 0 Å². The van der Waals surface area contributed by atoms with Crippen LogP contribution in [0.5, 0.6) is 0 Å². The average molecular weight is 289 g/mol. The van der Waals surface area contributed by atoms with Gasteiger partial charge in [-0.1, -0.05) is 0 Å². The molecule has 0 radical (unpaired) electrons. The van der Waals surface area contributed by atoms with Crippen LogP contribution in [0.2, 0.25) is 0 Å². The van der Waals surface area contributed by atoms with E-state index in [1.165, 1.54) is 23.9 Å². The van der Waals surface area contributed by atoms with Gasteiger partial charge in [0.1, 0.15) is 5.56 Å². The Morgan fingerprint density at radius 1 is 1.40 bits per heavy atom. The van der Waals surface area contributed by atoms with Crippen molar-refractivity contribution in [2.24, 2.45) is 0 Å². The van der Waals surface area contributed by atoms with E-state index < -0.39 is 5.97 Å². The maximum absolute atomic E-state index is 11.2. The first-order valence-electron chi connectivity index (χ1n) is 6.59. The third-order valence-corrected chi connectivity index (χ3v) is 4.43. The molecule has 2 aromatic heterocycles. The number of fused-ring (bicyclic) bond motifs is 1. The van der Waals surface area contributed by atoms with Crippen molar-refractivity contribution in [1.29, 1.82) is 0 Å². The van der Waals surface area contributed by atoms with Gasteiger partial charge in [0.2, 0.25) is 0 Å². The highest BCUT2D eigenvalue weighted by atomic mass is 32.1. The topological polar surface area (TPSA) is 75.1 Å². The number of anilines is 2. The Morgan fingerprint density at radius 2 is 2.20 bits per heavy atom. The van der Waals surface area contributed by atoms with Crippen molar-refractivity contribution in [2.45, 2.75) is 32.6 Å². The average Bonchev–Trinajstić information content (AvgIpc) is 2.80. The number of aryl methyl sites for hydroxylation is 3. The van der Waals surface area contributed by atoms with Crippen molar-refractivity contribution < 1.29 is 9.90 Å². The largest absolute Gasteiger partial charge is 0.478 e. The number of carbonyl (C=O) groups is 1. The van der Waals surface area contributed by atoms with Crippen LogP contribution in [0, 0.1) is 6.92 Å². The third kappa shape index (κ3) is 2.51. The fourth-order valence-electron chi connectivity index (χ4n) is 2.35. The summed E-state index contributed by atoms with van der Waals surface area (Å²) >= 11 is 1.62. The zero-order valence-electron chi connectivity index (χ0n) is 11.1. The molecule has 5 nitrogen and oxygen atoms in total. The predicted molar refractivity (Wildman–Crippen MR) is 78.0 cm³/mol. The number of nitrogens with one attached hydrogen (secondary N) is 1. The van der Waals surface area contributed by atoms with Crippen molar-refractivity contribution >= 4 is 28.1 Å². The van der Waals surface area contributed by atoms with E-state index in [1.54, 1.807) is 17.4 Å². The Kier molecular flexibility index (Phi) is 3.40. The predicted octanol–water partition coefficient (Wildman–Crippen LogP) is 3.17. The molecule has 20 heavy (non-hydrogen) atoms. The lowest BCUT2D eigenvalue weighted by atomic mass is 10.0. The Balaban J connectivity index is 1.92. The molecule has 0 bridgehead atoms. The highest BCUT2D eigenvalue weighted by Gasteiger charge is 2.17. The molecule has 104 valence electrons. The number of carboxylic acid groups (broad SMARTS) is 1. The van der Waals surface area contributed by atoms with Crippen LogP contribution in [0.4, 0.5) is 10.8 Å². The molecule has 0 aromatic carbocycles. The zero-order chi connectivity index (χ0) is 14.1. The Labute approximate surface area is 120 Å². The lowest BCUT2D eigenvalue weighted by Crippen LogP contribution is -2.04. The van der Waals surface area contributed by atoms with Gasteiger partial charge in [-0.2, -0.15) is 0 Å². The van der Waals surface area contributed by atoms with E-state index in [9.17, 15) is 9.90 Å². The molecule has 2 N–H and O–H groups in total. The minimum absolute atomic E-state index is 0.170. The number of hydrogen-bond donors (Lipinski definition) is 2. The summed E-state index contributed by atoms with van der Waals surface area (Å²) < 4.78 is 0. The molecule has 0 aliphatic heterocycles. The molecule has 2 aromatic rings. The number of thiazole rings is 1. The van der Waals surface area contributed by atoms with Gasteiger partial charge in [0.25, 0.3) is 0 Å². The van der Waals surface area contributed by atoms with Crippen LogP contribution in [0.25, 0.3) is 0 Å². The summed E-state index contributed by atoms with van der Waals surface area (Å²) in [6.45, 7) is 1.84. The van der Waals surface area contributed by atoms with Crippen LogP contribution >= 0.6 is 11.3 Å². The lowest BCUT2D eigenvalue weighted by Gasteiger charge is -2.07. The quantitative estimate of drug-likeness (QED) is 0.907. The molecule has 1 aliphatic carbocycles. The normalized spacial score (nSPS) is 13.8. The summed E-state index contributed by atoms with van der Waals surface area (Å²) in [7, 11) is 0. The second kappa shape index (κ2) is 5.20.